The molecule has 1 amide bonds. The molecule has 3 aromatic rings. The zero-order chi connectivity index (χ0) is 41.3. The number of aromatic nitrogens is 1. The number of para-hydroxylation sites is 2. The summed E-state index contributed by atoms with van der Waals surface area (Å²) in [5.41, 5.74) is 1.75. The Morgan fingerprint density at radius 1 is 0.877 bits per heavy atom. The molecule has 3 heterocycles. The Kier molecular flexibility index (Phi) is 14.4. The molecule has 2 aromatic carbocycles. The molecule has 0 spiro atoms. The molecule has 1 saturated heterocycles. The van der Waals surface area contributed by atoms with E-state index in [1.807, 2.05) is 59.5 Å². The zero-order valence-electron chi connectivity index (χ0n) is 30.4. The molecule has 57 heavy (non-hydrogen) atoms. The smallest absolute Gasteiger partial charge is 0.329 e. The minimum atomic E-state index is -4.47. The number of hydrogen-bond acceptors (Lipinski definition) is 14. The lowest BCUT2D eigenvalue weighted by Crippen LogP contribution is -2.36. The molecule has 0 saturated carbocycles. The summed E-state index contributed by atoms with van der Waals surface area (Å²) in [5, 5.41) is 8.62. The number of thiazole rings is 1. The van der Waals surface area contributed by atoms with Gasteiger partial charge >= 0.3 is 5.97 Å². The topological polar surface area (TPSA) is 229 Å². The minimum absolute atomic E-state index is 0.0172. The van der Waals surface area contributed by atoms with E-state index in [9.17, 15) is 35.8 Å². The first-order chi connectivity index (χ1) is 27.1. The number of carbonyl (C=O) groups excluding carboxylic acids is 1. The van der Waals surface area contributed by atoms with Gasteiger partial charge in [0.1, 0.15) is 21.6 Å². The van der Waals surface area contributed by atoms with Crippen molar-refractivity contribution >= 4 is 78.0 Å². The standard InChI is InChI=1S/C36H39N3O14S4/c1-50-28(31-33(43)38(17-19-51-23-29(40)41)35(55-31)30-32(42)39(36(54)53-30)18-21-57(47,48)49)15-14-25(22-24-10-4-2-5-11-24)34-37(16-8-3-9-20-56(44,45)46)26-12-6-7-13-27(26)52-34/h2,4-7,10-15H,3,8-9,16-23H2,1H3,(H,40,41)(H,44,45,46)(H,47,48,49). The van der Waals surface area contributed by atoms with Gasteiger partial charge in [-0.3, -0.25) is 28.2 Å². The van der Waals surface area contributed by atoms with Gasteiger partial charge in [-0.25, -0.2) is 4.79 Å². The van der Waals surface area contributed by atoms with Crippen LogP contribution in [0.3, 0.4) is 0 Å². The third-order valence-corrected chi connectivity index (χ3v) is 11.5. The quantitative estimate of drug-likeness (QED) is 0.0888. The van der Waals surface area contributed by atoms with E-state index in [4.69, 9.17) is 40.8 Å². The van der Waals surface area contributed by atoms with Crippen LogP contribution in [-0.2, 0) is 57.0 Å². The SMILES string of the molecule is COC(C=CC(Cc1ccccc1)=C1Oc2ccccc2N1CCCCCS(=O)(=O)O)=c1sc(=C2OC(=S)N(CCS(=O)(=O)O)C2=O)n(CCOCC(=O)O)c1=O. The summed E-state index contributed by atoms with van der Waals surface area (Å²) < 4.78 is 87.7. The maximum Gasteiger partial charge on any atom is 0.329 e. The highest BCUT2D eigenvalue weighted by Gasteiger charge is 2.36. The number of anilines is 1. The number of unbranched alkanes of at least 4 members (excludes halogenated alkanes) is 2. The summed E-state index contributed by atoms with van der Waals surface area (Å²) >= 11 is 5.98. The van der Waals surface area contributed by atoms with Crippen LogP contribution in [0.4, 0.5) is 5.69 Å². The van der Waals surface area contributed by atoms with Gasteiger partial charge in [-0.15, -0.1) is 11.3 Å². The van der Waals surface area contributed by atoms with Crippen molar-refractivity contribution in [1.82, 2.24) is 9.47 Å². The monoisotopic (exact) mass is 865 g/mol. The van der Waals surface area contributed by atoms with E-state index in [2.05, 4.69) is 0 Å². The molecule has 2 aliphatic rings. The number of hydrogen-bond donors (Lipinski definition) is 3. The molecule has 0 bridgehead atoms. The first-order valence-corrected chi connectivity index (χ1v) is 21.8. The van der Waals surface area contributed by atoms with Crippen molar-refractivity contribution in [2.24, 2.45) is 0 Å². The first kappa shape index (κ1) is 43.2. The summed E-state index contributed by atoms with van der Waals surface area (Å²) in [4.78, 5) is 41.4. The van der Waals surface area contributed by atoms with Crippen molar-refractivity contribution in [2.45, 2.75) is 32.2 Å². The van der Waals surface area contributed by atoms with Crippen molar-refractivity contribution in [3.05, 3.63) is 103 Å². The number of allylic oxidation sites excluding steroid dienone is 2. The van der Waals surface area contributed by atoms with Crippen LogP contribution in [-0.4, -0.2) is 102 Å². The average molecular weight is 866 g/mol. The molecule has 1 fully saturated rings. The fourth-order valence-electron chi connectivity index (χ4n) is 5.84. The second kappa shape index (κ2) is 19.0. The number of thiocarbonyl (C=S) groups is 1. The van der Waals surface area contributed by atoms with Gasteiger partial charge in [0.05, 0.1) is 37.5 Å². The molecule has 0 atom stereocenters. The first-order valence-electron chi connectivity index (χ1n) is 17.3. The third kappa shape index (κ3) is 11.6. The Bertz CT molecular complexity index is 2480. The Morgan fingerprint density at radius 3 is 2.26 bits per heavy atom. The second-order valence-corrected chi connectivity index (χ2v) is 17.0. The van der Waals surface area contributed by atoms with E-state index in [1.54, 1.807) is 12.2 Å². The van der Waals surface area contributed by atoms with Crippen molar-refractivity contribution < 1.29 is 59.6 Å². The number of fused-ring (bicyclic) bond motifs is 1. The largest absolute Gasteiger partial charge is 0.495 e. The number of ether oxygens (including phenoxy) is 4. The summed E-state index contributed by atoms with van der Waals surface area (Å²) in [7, 11) is -7.21. The molecule has 0 aliphatic carbocycles. The van der Waals surface area contributed by atoms with Gasteiger partial charge < -0.3 is 29.0 Å². The Hall–Kier alpha value is -4.90. The van der Waals surface area contributed by atoms with Gasteiger partial charge in [0.25, 0.3) is 36.9 Å². The molecular formula is C36H39N3O14S4. The molecule has 1 aromatic heterocycles. The normalized spacial score (nSPS) is 16.8. The van der Waals surface area contributed by atoms with E-state index < -0.39 is 67.5 Å². The summed E-state index contributed by atoms with van der Waals surface area (Å²) in [6, 6.07) is 16.9. The van der Waals surface area contributed by atoms with Gasteiger partial charge in [0.2, 0.25) is 11.6 Å². The van der Waals surface area contributed by atoms with E-state index in [1.165, 1.54) is 7.11 Å². The van der Waals surface area contributed by atoms with Crippen molar-refractivity contribution in [2.75, 3.05) is 49.8 Å². The number of benzene rings is 2. The van der Waals surface area contributed by atoms with Crippen LogP contribution in [0.25, 0.3) is 11.5 Å². The van der Waals surface area contributed by atoms with Crippen LogP contribution in [0.5, 0.6) is 5.75 Å². The van der Waals surface area contributed by atoms with Crippen LogP contribution in [0.15, 0.2) is 83.0 Å². The number of aliphatic carboxylic acids is 1. The predicted molar refractivity (Wildman–Crippen MR) is 213 cm³/mol. The predicted octanol–water partition coefficient (Wildman–Crippen LogP) is 1.87. The van der Waals surface area contributed by atoms with Crippen LogP contribution < -0.4 is 24.4 Å². The van der Waals surface area contributed by atoms with E-state index in [-0.39, 0.29) is 40.3 Å². The molecule has 21 heteroatoms. The summed E-state index contributed by atoms with van der Waals surface area (Å²) in [6.07, 6.45) is 5.02. The van der Waals surface area contributed by atoms with Gasteiger partial charge in [0.15, 0.2) is 5.75 Å². The number of rotatable bonds is 19. The van der Waals surface area contributed by atoms with E-state index in [0.717, 1.165) is 32.1 Å². The highest BCUT2D eigenvalue weighted by Crippen LogP contribution is 2.40. The molecular weight excluding hydrogens is 827 g/mol. The maximum absolute atomic E-state index is 14.1. The molecule has 2 aliphatic heterocycles. The van der Waals surface area contributed by atoms with Gasteiger partial charge in [0, 0.05) is 25.1 Å². The Morgan fingerprint density at radius 2 is 1.58 bits per heavy atom. The molecule has 3 N–H and O–H groups in total. The number of carboxylic acid groups (broad SMARTS) is 1. The van der Waals surface area contributed by atoms with Crippen LogP contribution in [0.1, 0.15) is 24.8 Å². The summed E-state index contributed by atoms with van der Waals surface area (Å²) in [6.45, 7) is -1.18. The number of carboxylic acids is 1. The van der Waals surface area contributed by atoms with Crippen LogP contribution in [0, 0.1) is 0 Å². The Balaban J connectivity index is 1.61. The summed E-state index contributed by atoms with van der Waals surface area (Å²) in [5.74, 6) is -2.50. The van der Waals surface area contributed by atoms with Gasteiger partial charge in [-0.05, 0) is 54.9 Å². The third-order valence-electron chi connectivity index (χ3n) is 8.47. The number of amides is 1. The fourth-order valence-corrected chi connectivity index (χ4v) is 8.23. The highest BCUT2D eigenvalue weighted by molar-refractivity contribution is 7.86. The number of nitrogens with zero attached hydrogens (tertiary/aromatic N) is 3. The van der Waals surface area contributed by atoms with Crippen LogP contribution >= 0.6 is 23.6 Å². The van der Waals surface area contributed by atoms with Crippen molar-refractivity contribution in [1.29, 1.82) is 0 Å². The molecule has 5 rings (SSSR count). The molecule has 0 unspecified atom stereocenters. The average Bonchev–Trinajstić information content (AvgIpc) is 3.78. The number of methoxy groups -OCH3 is 1. The van der Waals surface area contributed by atoms with Crippen molar-refractivity contribution in [3.63, 3.8) is 0 Å². The van der Waals surface area contributed by atoms with Gasteiger partial charge in [-0.1, -0.05) is 48.9 Å². The Labute approximate surface area is 336 Å². The lowest BCUT2D eigenvalue weighted by Gasteiger charge is -2.21. The van der Waals surface area contributed by atoms with E-state index >= 15 is 0 Å². The van der Waals surface area contributed by atoms with E-state index in [0.29, 0.717) is 43.0 Å². The zero-order valence-corrected chi connectivity index (χ0v) is 33.7. The molecule has 306 valence electrons. The second-order valence-electron chi connectivity index (χ2n) is 12.5. The van der Waals surface area contributed by atoms with Gasteiger partial charge in [-0.2, -0.15) is 16.8 Å². The fraction of sp³-hybridized carbons (Fsp3) is 0.333. The highest BCUT2D eigenvalue weighted by atomic mass is 32.2. The lowest BCUT2D eigenvalue weighted by atomic mass is 10.0. The van der Waals surface area contributed by atoms with Crippen LogP contribution in [0.2, 0.25) is 0 Å². The molecule has 0 radical (unpaired) electrons. The maximum atomic E-state index is 14.1. The lowest BCUT2D eigenvalue weighted by molar-refractivity contribution is -0.142. The number of carbonyl (C=O) groups is 2. The molecule has 17 nitrogen and oxygen atoms in total. The minimum Gasteiger partial charge on any atom is -0.495 e. The van der Waals surface area contributed by atoms with Crippen molar-refractivity contribution in [3.8, 4) is 5.75 Å².